The molecule has 1 amide bonds. The van der Waals surface area contributed by atoms with Crippen LogP contribution in [0.3, 0.4) is 0 Å². The first-order chi connectivity index (χ1) is 5.74. The van der Waals surface area contributed by atoms with Gasteiger partial charge in [0.15, 0.2) is 0 Å². The second-order valence-electron chi connectivity index (χ2n) is 2.36. The molecular weight excluding hydrogens is 154 g/mol. The number of methoxy groups -OCH3 is 1. The maximum absolute atomic E-state index is 10.8. The van der Waals surface area contributed by atoms with Crippen LogP contribution in [-0.4, -0.2) is 13.2 Å². The molecule has 0 heterocycles. The summed E-state index contributed by atoms with van der Waals surface area (Å²) < 4.78 is 4.45. The van der Waals surface area contributed by atoms with Crippen molar-refractivity contribution >= 4 is 11.8 Å². The molecule has 0 unspecified atom stereocenters. The highest BCUT2D eigenvalue weighted by Gasteiger charge is 2.01. The summed E-state index contributed by atoms with van der Waals surface area (Å²) in [5, 5.41) is 2.57. The van der Waals surface area contributed by atoms with Gasteiger partial charge < -0.3 is 4.74 Å². The molecule has 1 aromatic carbocycles. The Morgan fingerprint density at radius 3 is 3.00 bits per heavy atom. The van der Waals surface area contributed by atoms with E-state index in [1.807, 2.05) is 13.0 Å². The number of hydrogen-bond donors (Lipinski definition) is 1. The van der Waals surface area contributed by atoms with E-state index in [2.05, 4.69) is 16.1 Å². The van der Waals surface area contributed by atoms with Crippen molar-refractivity contribution in [1.29, 1.82) is 0 Å². The Hall–Kier alpha value is -1.51. The highest BCUT2D eigenvalue weighted by Crippen LogP contribution is 2.12. The van der Waals surface area contributed by atoms with Crippen LogP contribution in [0.25, 0.3) is 0 Å². The summed E-state index contributed by atoms with van der Waals surface area (Å²) in [7, 11) is 1.33. The third-order valence-corrected chi connectivity index (χ3v) is 1.50. The Kier molecular flexibility index (Phi) is 2.69. The number of nitrogens with one attached hydrogen (secondary N) is 1. The first kappa shape index (κ1) is 8.59. The number of carbonyl (C=O) groups is 1. The van der Waals surface area contributed by atoms with Crippen LogP contribution >= 0.6 is 0 Å². The molecule has 3 heteroatoms. The fourth-order valence-electron chi connectivity index (χ4n) is 0.804. The van der Waals surface area contributed by atoms with Gasteiger partial charge in [-0.15, -0.1) is 0 Å². The SMILES string of the molecule is COC(=O)Nc1c[c]ccc1C. The molecule has 1 rings (SSSR count). The zero-order valence-corrected chi connectivity index (χ0v) is 7.05. The number of benzene rings is 1. The number of anilines is 1. The van der Waals surface area contributed by atoms with E-state index in [1.54, 1.807) is 12.1 Å². The van der Waals surface area contributed by atoms with E-state index < -0.39 is 6.09 Å². The monoisotopic (exact) mass is 164 g/mol. The number of carbonyl (C=O) groups excluding carboxylic acids is 1. The van der Waals surface area contributed by atoms with Crippen LogP contribution < -0.4 is 5.32 Å². The highest BCUT2D eigenvalue weighted by molar-refractivity contribution is 5.85. The van der Waals surface area contributed by atoms with Gasteiger partial charge in [0.25, 0.3) is 0 Å². The molecule has 1 radical (unpaired) electrons. The third kappa shape index (κ3) is 1.99. The standard InChI is InChI=1S/C9H10NO2/c1-7-5-3-4-6-8(7)10-9(11)12-2/h3,5-6H,1-2H3,(H,10,11). The molecule has 0 saturated heterocycles. The first-order valence-corrected chi connectivity index (χ1v) is 3.55. The van der Waals surface area contributed by atoms with Gasteiger partial charge in [0.1, 0.15) is 0 Å². The van der Waals surface area contributed by atoms with Gasteiger partial charge >= 0.3 is 6.09 Å². The van der Waals surface area contributed by atoms with Gasteiger partial charge in [0.05, 0.1) is 7.11 Å². The number of hydrogen-bond acceptors (Lipinski definition) is 2. The van der Waals surface area contributed by atoms with Crippen LogP contribution in [0.5, 0.6) is 0 Å². The molecule has 63 valence electrons. The fourth-order valence-corrected chi connectivity index (χ4v) is 0.804. The van der Waals surface area contributed by atoms with E-state index in [0.29, 0.717) is 0 Å². The van der Waals surface area contributed by atoms with Crippen LogP contribution in [-0.2, 0) is 4.74 Å². The summed E-state index contributed by atoms with van der Waals surface area (Å²) in [6.07, 6.45) is -0.460. The van der Waals surface area contributed by atoms with Crippen molar-refractivity contribution in [2.24, 2.45) is 0 Å². The van der Waals surface area contributed by atoms with Gasteiger partial charge in [-0.1, -0.05) is 12.1 Å². The molecule has 1 N–H and O–H groups in total. The molecule has 0 bridgehead atoms. The van der Waals surface area contributed by atoms with E-state index in [-0.39, 0.29) is 0 Å². The van der Waals surface area contributed by atoms with Gasteiger partial charge in [-0.25, -0.2) is 4.79 Å². The normalized spacial score (nSPS) is 9.17. The molecule has 0 fully saturated rings. The largest absolute Gasteiger partial charge is 0.453 e. The lowest BCUT2D eigenvalue weighted by atomic mass is 10.2. The van der Waals surface area contributed by atoms with Crippen molar-refractivity contribution in [3.05, 3.63) is 29.8 Å². The molecule has 3 nitrogen and oxygen atoms in total. The first-order valence-electron chi connectivity index (χ1n) is 3.55. The Labute approximate surface area is 71.4 Å². The van der Waals surface area contributed by atoms with Crippen LogP contribution in [0.4, 0.5) is 10.5 Å². The van der Waals surface area contributed by atoms with E-state index in [9.17, 15) is 4.79 Å². The molecule has 0 atom stereocenters. The molecule has 12 heavy (non-hydrogen) atoms. The lowest BCUT2D eigenvalue weighted by molar-refractivity contribution is 0.187. The van der Waals surface area contributed by atoms with Crippen molar-refractivity contribution in [2.45, 2.75) is 6.92 Å². The predicted molar refractivity (Wildman–Crippen MR) is 46.0 cm³/mol. The Morgan fingerprint density at radius 2 is 2.42 bits per heavy atom. The Bertz CT molecular complexity index is 284. The summed E-state index contributed by atoms with van der Waals surface area (Å²) >= 11 is 0. The van der Waals surface area contributed by atoms with E-state index >= 15 is 0 Å². The quantitative estimate of drug-likeness (QED) is 0.689. The predicted octanol–water partition coefficient (Wildman–Crippen LogP) is 1.97. The smallest absolute Gasteiger partial charge is 0.411 e. The van der Waals surface area contributed by atoms with Crippen molar-refractivity contribution in [3.8, 4) is 0 Å². The summed E-state index contributed by atoms with van der Waals surface area (Å²) in [4.78, 5) is 10.8. The lowest BCUT2D eigenvalue weighted by Gasteiger charge is -2.05. The molecule has 0 saturated carbocycles. The minimum absolute atomic E-state index is 0.460. The summed E-state index contributed by atoms with van der Waals surface area (Å²) in [5.41, 5.74) is 1.71. The number of amides is 1. The summed E-state index contributed by atoms with van der Waals surface area (Å²) in [5.74, 6) is 0. The number of rotatable bonds is 1. The van der Waals surface area contributed by atoms with E-state index in [0.717, 1.165) is 11.3 Å². The minimum atomic E-state index is -0.460. The molecular formula is C9H10NO2. The molecule has 0 aliphatic rings. The fraction of sp³-hybridized carbons (Fsp3) is 0.222. The zero-order chi connectivity index (χ0) is 8.97. The minimum Gasteiger partial charge on any atom is -0.453 e. The average molecular weight is 164 g/mol. The summed E-state index contributed by atoms with van der Waals surface area (Å²) in [6, 6.07) is 8.22. The van der Waals surface area contributed by atoms with Crippen LogP contribution in [0, 0.1) is 13.0 Å². The number of aryl methyl sites for hydroxylation is 1. The average Bonchev–Trinajstić information content (AvgIpc) is 2.09. The Morgan fingerprint density at radius 1 is 1.67 bits per heavy atom. The van der Waals surface area contributed by atoms with Crippen molar-refractivity contribution in [1.82, 2.24) is 0 Å². The molecule has 1 aromatic rings. The lowest BCUT2D eigenvalue weighted by Crippen LogP contribution is -2.11. The van der Waals surface area contributed by atoms with Crippen molar-refractivity contribution < 1.29 is 9.53 Å². The van der Waals surface area contributed by atoms with E-state index in [4.69, 9.17) is 0 Å². The molecule has 0 aliphatic carbocycles. The van der Waals surface area contributed by atoms with Gasteiger partial charge in [-0.05, 0) is 24.6 Å². The van der Waals surface area contributed by atoms with Crippen LogP contribution in [0.1, 0.15) is 5.56 Å². The zero-order valence-electron chi connectivity index (χ0n) is 7.05. The van der Waals surface area contributed by atoms with Crippen molar-refractivity contribution in [3.63, 3.8) is 0 Å². The van der Waals surface area contributed by atoms with E-state index in [1.165, 1.54) is 7.11 Å². The van der Waals surface area contributed by atoms with Gasteiger partial charge in [-0.3, -0.25) is 5.32 Å². The van der Waals surface area contributed by atoms with Gasteiger partial charge in [-0.2, -0.15) is 0 Å². The number of ether oxygens (including phenoxy) is 1. The molecule has 0 aromatic heterocycles. The maximum atomic E-state index is 10.8. The van der Waals surface area contributed by atoms with Crippen LogP contribution in [0.15, 0.2) is 18.2 Å². The second-order valence-corrected chi connectivity index (χ2v) is 2.36. The topological polar surface area (TPSA) is 38.3 Å². The molecule has 0 aliphatic heterocycles. The second kappa shape index (κ2) is 3.76. The third-order valence-electron chi connectivity index (χ3n) is 1.50. The maximum Gasteiger partial charge on any atom is 0.411 e. The van der Waals surface area contributed by atoms with Gasteiger partial charge in [0, 0.05) is 5.69 Å². The van der Waals surface area contributed by atoms with Crippen molar-refractivity contribution in [2.75, 3.05) is 12.4 Å². The van der Waals surface area contributed by atoms with Crippen LogP contribution in [0.2, 0.25) is 0 Å². The Balaban J connectivity index is 2.75. The molecule has 0 spiro atoms. The highest BCUT2D eigenvalue weighted by atomic mass is 16.5. The summed E-state index contributed by atoms with van der Waals surface area (Å²) in [6.45, 7) is 1.90. The van der Waals surface area contributed by atoms with Gasteiger partial charge in [0.2, 0.25) is 0 Å².